The number of amidine groups is 1. The molecule has 0 aliphatic carbocycles. The van der Waals surface area contributed by atoms with Gasteiger partial charge in [0.2, 0.25) is 0 Å². The normalized spacial score (nSPS) is 11.7. The van der Waals surface area contributed by atoms with Gasteiger partial charge < -0.3 is 5.73 Å². The molecular weight excluding hydrogens is 224 g/mol. The van der Waals surface area contributed by atoms with Crippen molar-refractivity contribution < 1.29 is 8.42 Å². The van der Waals surface area contributed by atoms with Gasteiger partial charge in [-0.25, -0.2) is 8.42 Å². The molecule has 0 aliphatic heterocycles. The van der Waals surface area contributed by atoms with Gasteiger partial charge in [0, 0.05) is 5.56 Å². The second-order valence-electron chi connectivity index (χ2n) is 3.93. The zero-order chi connectivity index (χ0) is 12.3. The summed E-state index contributed by atoms with van der Waals surface area (Å²) in [7, 11) is -3.16. The van der Waals surface area contributed by atoms with Crippen molar-refractivity contribution in [2.45, 2.75) is 24.9 Å². The molecule has 5 heteroatoms. The van der Waals surface area contributed by atoms with E-state index in [2.05, 4.69) is 0 Å². The molecule has 16 heavy (non-hydrogen) atoms. The van der Waals surface area contributed by atoms with Gasteiger partial charge in [0.1, 0.15) is 5.84 Å². The molecule has 0 bridgehead atoms. The molecule has 1 aromatic rings. The van der Waals surface area contributed by atoms with Crippen LogP contribution in [0.2, 0.25) is 0 Å². The first-order valence-corrected chi connectivity index (χ1v) is 6.70. The van der Waals surface area contributed by atoms with Crippen molar-refractivity contribution in [2.24, 2.45) is 5.73 Å². The average molecular weight is 240 g/mol. The molecule has 88 valence electrons. The Morgan fingerprint density at radius 2 is 1.94 bits per heavy atom. The summed E-state index contributed by atoms with van der Waals surface area (Å²) >= 11 is 0. The van der Waals surface area contributed by atoms with E-state index in [1.807, 2.05) is 0 Å². The zero-order valence-electron chi connectivity index (χ0n) is 9.40. The second-order valence-corrected chi connectivity index (χ2v) is 6.48. The Bertz CT molecular complexity index is 492. The van der Waals surface area contributed by atoms with E-state index >= 15 is 0 Å². The van der Waals surface area contributed by atoms with Gasteiger partial charge in [-0.2, -0.15) is 0 Å². The number of sulfone groups is 1. The summed E-state index contributed by atoms with van der Waals surface area (Å²) in [6.45, 7) is 3.29. The van der Waals surface area contributed by atoms with Crippen LogP contribution < -0.4 is 5.73 Å². The average Bonchev–Trinajstić information content (AvgIpc) is 2.17. The molecular formula is C11H16N2O2S. The van der Waals surface area contributed by atoms with Crippen molar-refractivity contribution in [3.05, 3.63) is 35.4 Å². The number of nitrogens with one attached hydrogen (secondary N) is 1. The molecule has 1 rings (SSSR count). The van der Waals surface area contributed by atoms with Crippen LogP contribution in [0.5, 0.6) is 0 Å². The van der Waals surface area contributed by atoms with Crippen LogP contribution in [0.15, 0.2) is 24.3 Å². The van der Waals surface area contributed by atoms with Crippen LogP contribution in [0.3, 0.4) is 0 Å². The lowest BCUT2D eigenvalue weighted by Crippen LogP contribution is -2.20. The molecule has 0 aliphatic rings. The Balaban J connectivity index is 3.12. The number of benzene rings is 1. The SMILES string of the molecule is CC(C)S(=O)(=O)Cc1ccccc1C(=N)N. The maximum absolute atomic E-state index is 11.8. The van der Waals surface area contributed by atoms with Crippen molar-refractivity contribution in [1.82, 2.24) is 0 Å². The summed E-state index contributed by atoms with van der Waals surface area (Å²) in [6.07, 6.45) is 0. The third kappa shape index (κ3) is 2.82. The van der Waals surface area contributed by atoms with Crippen molar-refractivity contribution in [2.75, 3.05) is 0 Å². The molecule has 1 aromatic carbocycles. The van der Waals surface area contributed by atoms with Gasteiger partial charge in [-0.15, -0.1) is 0 Å². The zero-order valence-corrected chi connectivity index (χ0v) is 10.2. The minimum absolute atomic E-state index is 0.0690. The van der Waals surface area contributed by atoms with Crippen LogP contribution >= 0.6 is 0 Å². The molecule has 0 fully saturated rings. The highest BCUT2D eigenvalue weighted by Gasteiger charge is 2.18. The van der Waals surface area contributed by atoms with Crippen molar-refractivity contribution in [3.63, 3.8) is 0 Å². The largest absolute Gasteiger partial charge is 0.384 e. The molecule has 0 atom stereocenters. The fourth-order valence-electron chi connectivity index (χ4n) is 1.29. The van der Waals surface area contributed by atoms with Crippen molar-refractivity contribution in [3.8, 4) is 0 Å². The van der Waals surface area contributed by atoms with E-state index in [1.54, 1.807) is 38.1 Å². The fourth-order valence-corrected chi connectivity index (χ4v) is 2.31. The highest BCUT2D eigenvalue weighted by molar-refractivity contribution is 7.91. The van der Waals surface area contributed by atoms with Crippen molar-refractivity contribution >= 4 is 15.7 Å². The van der Waals surface area contributed by atoms with E-state index < -0.39 is 15.1 Å². The lowest BCUT2D eigenvalue weighted by atomic mass is 10.1. The first-order valence-electron chi connectivity index (χ1n) is 4.98. The summed E-state index contributed by atoms with van der Waals surface area (Å²) in [6, 6.07) is 6.84. The topological polar surface area (TPSA) is 84.0 Å². The van der Waals surface area contributed by atoms with Gasteiger partial charge in [0.25, 0.3) is 0 Å². The van der Waals surface area contributed by atoms with E-state index in [4.69, 9.17) is 11.1 Å². The molecule has 0 aromatic heterocycles. The van der Waals surface area contributed by atoms with E-state index in [-0.39, 0.29) is 11.6 Å². The number of rotatable bonds is 4. The molecule has 4 nitrogen and oxygen atoms in total. The number of hydrogen-bond acceptors (Lipinski definition) is 3. The lowest BCUT2D eigenvalue weighted by Gasteiger charge is -2.10. The molecule has 0 amide bonds. The van der Waals surface area contributed by atoms with Crippen LogP contribution in [0.4, 0.5) is 0 Å². The summed E-state index contributed by atoms with van der Waals surface area (Å²) in [5.41, 5.74) is 6.48. The van der Waals surface area contributed by atoms with Gasteiger partial charge in [0.15, 0.2) is 9.84 Å². The summed E-state index contributed by atoms with van der Waals surface area (Å²) in [4.78, 5) is 0. The summed E-state index contributed by atoms with van der Waals surface area (Å²) in [5, 5.41) is 6.95. The van der Waals surface area contributed by atoms with Gasteiger partial charge in [-0.1, -0.05) is 24.3 Å². The monoisotopic (exact) mass is 240 g/mol. The lowest BCUT2D eigenvalue weighted by molar-refractivity contribution is 0.586. The van der Waals surface area contributed by atoms with E-state index in [0.29, 0.717) is 11.1 Å². The maximum atomic E-state index is 11.8. The molecule has 0 radical (unpaired) electrons. The third-order valence-corrected chi connectivity index (χ3v) is 4.53. The Labute approximate surface area is 95.9 Å². The Morgan fingerprint density at radius 3 is 2.44 bits per heavy atom. The number of hydrogen-bond donors (Lipinski definition) is 2. The van der Waals surface area contributed by atoms with E-state index in [0.717, 1.165) is 0 Å². The summed E-state index contributed by atoms with van der Waals surface area (Å²) < 4.78 is 23.5. The molecule has 0 spiro atoms. The Hall–Kier alpha value is -1.36. The highest BCUT2D eigenvalue weighted by Crippen LogP contribution is 2.15. The molecule has 0 saturated heterocycles. The van der Waals surface area contributed by atoms with Crippen LogP contribution in [-0.4, -0.2) is 19.5 Å². The standard InChI is InChI=1S/C11H16N2O2S/c1-8(2)16(14,15)7-9-5-3-4-6-10(9)11(12)13/h3-6,8H,7H2,1-2H3,(H3,12,13). The van der Waals surface area contributed by atoms with Gasteiger partial charge in [-0.05, 0) is 19.4 Å². The third-order valence-electron chi connectivity index (χ3n) is 2.38. The first kappa shape index (κ1) is 12.7. The first-order chi connectivity index (χ1) is 7.34. The van der Waals surface area contributed by atoms with Crippen LogP contribution in [0.25, 0.3) is 0 Å². The number of nitrogens with two attached hydrogens (primary N) is 1. The van der Waals surface area contributed by atoms with Crippen molar-refractivity contribution in [1.29, 1.82) is 5.41 Å². The minimum Gasteiger partial charge on any atom is -0.384 e. The van der Waals surface area contributed by atoms with Gasteiger partial charge in [-0.3, -0.25) is 5.41 Å². The fraction of sp³-hybridized carbons (Fsp3) is 0.364. The molecule has 0 saturated carbocycles. The van der Waals surface area contributed by atoms with Crippen LogP contribution in [-0.2, 0) is 15.6 Å². The van der Waals surface area contributed by atoms with E-state index in [9.17, 15) is 8.42 Å². The molecule has 0 unspecified atom stereocenters. The summed E-state index contributed by atoms with van der Waals surface area (Å²) in [5.74, 6) is -0.171. The van der Waals surface area contributed by atoms with Crippen LogP contribution in [0, 0.1) is 5.41 Å². The molecule has 0 heterocycles. The smallest absolute Gasteiger partial charge is 0.156 e. The number of nitrogen functional groups attached to an aromatic ring is 1. The predicted molar refractivity (Wildman–Crippen MR) is 65.2 cm³/mol. The molecule has 3 N–H and O–H groups in total. The maximum Gasteiger partial charge on any atom is 0.156 e. The second kappa shape index (κ2) is 4.65. The van der Waals surface area contributed by atoms with Crippen LogP contribution in [0.1, 0.15) is 25.0 Å². The quantitative estimate of drug-likeness (QED) is 0.614. The van der Waals surface area contributed by atoms with Gasteiger partial charge >= 0.3 is 0 Å². The highest BCUT2D eigenvalue weighted by atomic mass is 32.2. The Kier molecular flexibility index (Phi) is 3.70. The van der Waals surface area contributed by atoms with Gasteiger partial charge in [0.05, 0.1) is 11.0 Å². The Morgan fingerprint density at radius 1 is 1.38 bits per heavy atom. The van der Waals surface area contributed by atoms with E-state index in [1.165, 1.54) is 0 Å². The minimum atomic E-state index is -3.16. The predicted octanol–water partition coefficient (Wildman–Crippen LogP) is 1.29.